The molecular weight excluding hydrogens is 308 g/mol. The number of nitrogens with two attached hydrogens (primary N) is 1. The Morgan fingerprint density at radius 1 is 1.25 bits per heavy atom. The van der Waals surface area contributed by atoms with E-state index in [4.69, 9.17) is 15.2 Å². The van der Waals surface area contributed by atoms with Crippen LogP contribution in [0.4, 0.5) is 4.79 Å². The Morgan fingerprint density at radius 3 is 2.54 bits per heavy atom. The number of allylic oxidation sites excluding steroid dienone is 3. The molecule has 3 unspecified atom stereocenters. The lowest BCUT2D eigenvalue weighted by Gasteiger charge is -2.33. The molecule has 2 rings (SSSR count). The minimum atomic E-state index is -0.634. The van der Waals surface area contributed by atoms with Crippen LogP contribution < -0.4 is 5.73 Å². The molecule has 3 atom stereocenters. The van der Waals surface area contributed by atoms with Gasteiger partial charge in [0, 0.05) is 12.0 Å². The van der Waals surface area contributed by atoms with Gasteiger partial charge in [-0.2, -0.15) is 0 Å². The lowest BCUT2D eigenvalue weighted by molar-refractivity contribution is -0.122. The Balaban J connectivity index is 2.25. The van der Waals surface area contributed by atoms with Crippen LogP contribution in [0, 0.1) is 5.92 Å². The molecule has 0 saturated carbocycles. The summed E-state index contributed by atoms with van der Waals surface area (Å²) in [5.41, 5.74) is 4.87. The van der Waals surface area contributed by atoms with Gasteiger partial charge < -0.3 is 15.2 Å². The van der Waals surface area contributed by atoms with Crippen LogP contribution in [0.15, 0.2) is 36.1 Å². The Morgan fingerprint density at radius 2 is 1.96 bits per heavy atom. The molecule has 132 valence electrons. The predicted octanol–water partition coefficient (Wildman–Crippen LogP) is 2.51. The van der Waals surface area contributed by atoms with Crippen molar-refractivity contribution in [3.8, 4) is 0 Å². The number of carbonyl (C=O) groups is 2. The Bertz CT molecular complexity index is 586. The summed E-state index contributed by atoms with van der Waals surface area (Å²) in [5, 5.41) is 0. The second kappa shape index (κ2) is 7.11. The molecule has 2 amide bonds. The molecule has 1 fully saturated rings. The number of hydrogen-bond donors (Lipinski definition) is 1. The van der Waals surface area contributed by atoms with Crippen molar-refractivity contribution >= 4 is 12.0 Å². The van der Waals surface area contributed by atoms with Crippen molar-refractivity contribution in [3.63, 3.8) is 0 Å². The molecule has 1 aliphatic heterocycles. The summed E-state index contributed by atoms with van der Waals surface area (Å²) in [6.45, 7) is 5.40. The first-order valence-electron chi connectivity index (χ1n) is 8.14. The third kappa shape index (κ3) is 4.19. The van der Waals surface area contributed by atoms with Gasteiger partial charge in [0.15, 0.2) is 0 Å². The van der Waals surface area contributed by atoms with Crippen molar-refractivity contribution in [2.45, 2.75) is 51.3 Å². The summed E-state index contributed by atoms with van der Waals surface area (Å²) >= 11 is 0. The zero-order chi connectivity index (χ0) is 17.9. The molecule has 0 aromatic carbocycles. The fourth-order valence-electron chi connectivity index (χ4n) is 3.07. The smallest absolute Gasteiger partial charge is 0.411 e. The van der Waals surface area contributed by atoms with Crippen LogP contribution in [-0.2, 0) is 14.3 Å². The van der Waals surface area contributed by atoms with E-state index in [9.17, 15) is 9.59 Å². The van der Waals surface area contributed by atoms with E-state index in [1.807, 2.05) is 30.4 Å². The van der Waals surface area contributed by atoms with Gasteiger partial charge in [-0.25, -0.2) is 4.79 Å². The van der Waals surface area contributed by atoms with E-state index in [-0.39, 0.29) is 12.0 Å². The van der Waals surface area contributed by atoms with Crippen molar-refractivity contribution in [2.24, 2.45) is 11.7 Å². The molecule has 0 bridgehead atoms. The topological polar surface area (TPSA) is 81.9 Å². The number of ether oxygens (including phenoxy) is 2. The molecule has 0 aromatic rings. The largest absolute Gasteiger partial charge is 0.497 e. The van der Waals surface area contributed by atoms with Gasteiger partial charge in [-0.15, -0.1) is 0 Å². The first-order valence-corrected chi connectivity index (χ1v) is 8.14. The number of methoxy groups -OCH3 is 1. The van der Waals surface area contributed by atoms with Crippen molar-refractivity contribution in [3.05, 3.63) is 36.1 Å². The van der Waals surface area contributed by atoms with Gasteiger partial charge in [0.2, 0.25) is 5.91 Å². The van der Waals surface area contributed by atoms with Gasteiger partial charge in [0.05, 0.1) is 7.11 Å². The summed E-state index contributed by atoms with van der Waals surface area (Å²) in [6.07, 6.45) is 10.3. The molecule has 0 spiro atoms. The van der Waals surface area contributed by atoms with Gasteiger partial charge in [-0.05, 0) is 45.8 Å². The van der Waals surface area contributed by atoms with Crippen molar-refractivity contribution in [1.82, 2.24) is 4.90 Å². The summed E-state index contributed by atoms with van der Waals surface area (Å²) < 4.78 is 10.7. The van der Waals surface area contributed by atoms with Gasteiger partial charge in [-0.3, -0.25) is 9.69 Å². The van der Waals surface area contributed by atoms with E-state index in [1.165, 1.54) is 4.90 Å². The lowest BCUT2D eigenvalue weighted by atomic mass is 9.97. The van der Waals surface area contributed by atoms with Gasteiger partial charge in [-0.1, -0.05) is 18.2 Å². The van der Waals surface area contributed by atoms with Crippen LogP contribution >= 0.6 is 0 Å². The van der Waals surface area contributed by atoms with E-state index >= 15 is 0 Å². The Labute approximate surface area is 143 Å². The highest BCUT2D eigenvalue weighted by Gasteiger charge is 2.44. The zero-order valence-corrected chi connectivity index (χ0v) is 14.7. The molecule has 0 radical (unpaired) electrons. The van der Waals surface area contributed by atoms with Crippen LogP contribution in [-0.4, -0.2) is 41.7 Å². The summed E-state index contributed by atoms with van der Waals surface area (Å²) in [5.74, 6) is 0.202. The molecular formula is C18H26N2O4. The second-order valence-electron chi connectivity index (χ2n) is 7.05. The Kier molecular flexibility index (Phi) is 5.36. The zero-order valence-electron chi connectivity index (χ0n) is 14.7. The Hall–Kier alpha value is -2.24. The molecule has 2 N–H and O–H groups in total. The van der Waals surface area contributed by atoms with E-state index in [0.29, 0.717) is 12.8 Å². The van der Waals surface area contributed by atoms with Crippen LogP contribution in [0.3, 0.4) is 0 Å². The average Bonchev–Trinajstić information content (AvgIpc) is 2.78. The fraction of sp³-hybridized carbons (Fsp3) is 0.556. The number of hydrogen-bond acceptors (Lipinski definition) is 4. The normalized spacial score (nSPS) is 26.8. The highest BCUT2D eigenvalue weighted by atomic mass is 16.6. The van der Waals surface area contributed by atoms with Gasteiger partial charge >= 0.3 is 6.09 Å². The molecule has 0 aromatic heterocycles. The minimum absolute atomic E-state index is 0.0363. The van der Waals surface area contributed by atoms with Crippen molar-refractivity contribution < 1.29 is 19.1 Å². The first-order chi connectivity index (χ1) is 11.2. The van der Waals surface area contributed by atoms with E-state index in [0.717, 1.165) is 5.76 Å². The van der Waals surface area contributed by atoms with Crippen LogP contribution in [0.1, 0.15) is 33.6 Å². The van der Waals surface area contributed by atoms with Gasteiger partial charge in [0.25, 0.3) is 0 Å². The number of amides is 2. The van der Waals surface area contributed by atoms with E-state index in [1.54, 1.807) is 27.9 Å². The number of rotatable bonds is 3. The minimum Gasteiger partial charge on any atom is -0.497 e. The van der Waals surface area contributed by atoms with Crippen molar-refractivity contribution in [2.75, 3.05) is 7.11 Å². The lowest BCUT2D eigenvalue weighted by Crippen LogP contribution is -2.50. The maximum atomic E-state index is 12.6. The summed E-state index contributed by atoms with van der Waals surface area (Å²) in [6, 6.07) is -0.806. The first kappa shape index (κ1) is 18.1. The average molecular weight is 334 g/mol. The molecule has 1 saturated heterocycles. The SMILES string of the molecule is COC1=CC=CC(C2CCC(C(N)=O)N2C(=O)OC(C)(C)C)C=C1. The summed E-state index contributed by atoms with van der Waals surface area (Å²) in [7, 11) is 1.61. The standard InChI is InChI=1S/C18H26N2O4/c1-18(2,3)24-17(22)20-14(10-11-15(20)16(19)21)12-6-5-7-13(23-4)9-8-12/h5-9,12,14-15H,10-11H2,1-4H3,(H2,19,21). The van der Waals surface area contributed by atoms with E-state index in [2.05, 4.69) is 0 Å². The summed E-state index contributed by atoms with van der Waals surface area (Å²) in [4.78, 5) is 25.9. The third-order valence-electron chi connectivity index (χ3n) is 4.12. The number of carbonyl (C=O) groups excluding carboxylic acids is 2. The number of likely N-dealkylation sites (tertiary alicyclic amines) is 1. The van der Waals surface area contributed by atoms with Gasteiger partial charge in [0.1, 0.15) is 17.4 Å². The quantitative estimate of drug-likeness (QED) is 0.860. The third-order valence-corrected chi connectivity index (χ3v) is 4.12. The van der Waals surface area contributed by atoms with Crippen molar-refractivity contribution in [1.29, 1.82) is 0 Å². The molecule has 2 aliphatic rings. The van der Waals surface area contributed by atoms with Crippen LogP contribution in [0.5, 0.6) is 0 Å². The molecule has 1 aliphatic carbocycles. The molecule has 24 heavy (non-hydrogen) atoms. The molecule has 6 nitrogen and oxygen atoms in total. The highest BCUT2D eigenvalue weighted by molar-refractivity contribution is 5.85. The molecule has 6 heteroatoms. The molecule has 1 heterocycles. The van der Waals surface area contributed by atoms with E-state index < -0.39 is 23.6 Å². The maximum Gasteiger partial charge on any atom is 0.411 e. The number of primary amides is 1. The highest BCUT2D eigenvalue weighted by Crippen LogP contribution is 2.33. The fourth-order valence-corrected chi connectivity index (χ4v) is 3.07. The van der Waals surface area contributed by atoms with Crippen LogP contribution in [0.25, 0.3) is 0 Å². The maximum absolute atomic E-state index is 12.6. The number of nitrogens with zero attached hydrogens (tertiary/aromatic N) is 1. The monoisotopic (exact) mass is 334 g/mol. The second-order valence-corrected chi connectivity index (χ2v) is 7.05. The predicted molar refractivity (Wildman–Crippen MR) is 90.9 cm³/mol. The van der Waals surface area contributed by atoms with Crippen LogP contribution in [0.2, 0.25) is 0 Å².